The zero-order valence-corrected chi connectivity index (χ0v) is 15.2. The molecular weight excluding hydrogens is 324 g/mol. The number of carboxylic acid groups (broad SMARTS) is 1. The maximum Gasteiger partial charge on any atom is 0.324 e. The molecule has 0 bridgehead atoms. The van der Waals surface area contributed by atoms with Crippen molar-refractivity contribution in [2.45, 2.75) is 64.1 Å². The second kappa shape index (κ2) is 11.2. The molecule has 22 heavy (non-hydrogen) atoms. The maximum absolute atomic E-state index is 12.1. The number of carbonyl (C=O) groups is 2. The topological polar surface area (TPSA) is 116 Å². The van der Waals surface area contributed by atoms with Crippen molar-refractivity contribution in [1.29, 1.82) is 0 Å². The Labute approximate surface area is 140 Å². The fraction of sp³-hybridized carbons (Fsp3) is 0.857. The van der Waals surface area contributed by atoms with Gasteiger partial charge < -0.3 is 21.3 Å². The summed E-state index contributed by atoms with van der Waals surface area (Å²) in [6.07, 6.45) is 3.31. The van der Waals surface area contributed by atoms with E-state index in [1.54, 1.807) is 0 Å². The van der Waals surface area contributed by atoms with Gasteiger partial charge in [-0.15, -0.1) is 0 Å². The summed E-state index contributed by atoms with van der Waals surface area (Å²) in [7, 11) is 2.64. The van der Waals surface area contributed by atoms with E-state index in [0.717, 1.165) is 25.7 Å². The van der Waals surface area contributed by atoms with E-state index < -0.39 is 29.6 Å². The zero-order chi connectivity index (χ0) is 17.2. The van der Waals surface area contributed by atoms with Crippen LogP contribution in [0.25, 0.3) is 0 Å². The lowest BCUT2D eigenvalue weighted by Gasteiger charge is -2.32. The minimum Gasteiger partial charge on any atom is -0.480 e. The Bertz CT molecular complexity index is 352. The predicted octanol–water partition coefficient (Wildman–Crippen LogP) is 2.01. The summed E-state index contributed by atoms with van der Waals surface area (Å²) in [5.74, 6) is -0.795. The average Bonchev–Trinajstić information content (AvgIpc) is 2.50. The van der Waals surface area contributed by atoms with Crippen LogP contribution in [0, 0.1) is 0 Å². The standard InChI is InChI=1S/C14H28N2O4S2/c1-4-7-14(5-2,6-3)20-13(19)11(16)9-22-21-8-10(15)12(17)18/h10-11H,4-9,15-16H2,1-3H3,(H,17,18)/t10-,11-/m0/s1. The molecular formula is C14H28N2O4S2. The number of rotatable bonds is 12. The second-order valence-corrected chi connectivity index (χ2v) is 7.73. The third-order valence-corrected chi connectivity index (χ3v) is 5.98. The molecule has 0 fully saturated rings. The van der Waals surface area contributed by atoms with Crippen LogP contribution in [-0.2, 0) is 14.3 Å². The van der Waals surface area contributed by atoms with Crippen LogP contribution >= 0.6 is 21.6 Å². The number of carboxylic acids is 1. The molecule has 6 nitrogen and oxygen atoms in total. The van der Waals surface area contributed by atoms with Gasteiger partial charge in [0, 0.05) is 11.5 Å². The molecule has 130 valence electrons. The van der Waals surface area contributed by atoms with E-state index in [1.807, 2.05) is 13.8 Å². The molecule has 0 aliphatic rings. The molecule has 0 spiro atoms. The highest BCUT2D eigenvalue weighted by Gasteiger charge is 2.31. The highest BCUT2D eigenvalue weighted by Crippen LogP contribution is 2.28. The summed E-state index contributed by atoms with van der Waals surface area (Å²) in [4.78, 5) is 22.7. The summed E-state index contributed by atoms with van der Waals surface area (Å²) >= 11 is 0. The van der Waals surface area contributed by atoms with Crippen molar-refractivity contribution in [2.24, 2.45) is 11.5 Å². The van der Waals surface area contributed by atoms with Gasteiger partial charge in [0.2, 0.25) is 0 Å². The molecule has 0 heterocycles. The lowest BCUT2D eigenvalue weighted by Crippen LogP contribution is -2.42. The Kier molecular flexibility index (Phi) is 10.9. The minimum atomic E-state index is -1.04. The lowest BCUT2D eigenvalue weighted by molar-refractivity contribution is -0.162. The van der Waals surface area contributed by atoms with Gasteiger partial charge in [0.15, 0.2) is 0 Å². The SMILES string of the molecule is CCCC(CC)(CC)OC(=O)[C@@H](N)CSSC[C@H](N)C(=O)O. The largest absolute Gasteiger partial charge is 0.480 e. The molecule has 0 radical (unpaired) electrons. The molecule has 0 aromatic heterocycles. The number of esters is 1. The molecule has 0 saturated carbocycles. The van der Waals surface area contributed by atoms with E-state index in [-0.39, 0.29) is 5.75 Å². The van der Waals surface area contributed by atoms with Gasteiger partial charge >= 0.3 is 11.9 Å². The number of aliphatic carboxylic acids is 1. The number of ether oxygens (including phenoxy) is 1. The summed E-state index contributed by atoms with van der Waals surface area (Å²) in [5, 5.41) is 8.66. The van der Waals surface area contributed by atoms with Crippen LogP contribution in [0.1, 0.15) is 46.5 Å². The van der Waals surface area contributed by atoms with Crippen molar-refractivity contribution in [2.75, 3.05) is 11.5 Å². The summed E-state index contributed by atoms with van der Waals surface area (Å²) in [6.45, 7) is 6.08. The highest BCUT2D eigenvalue weighted by atomic mass is 33.1. The number of nitrogens with two attached hydrogens (primary N) is 2. The van der Waals surface area contributed by atoms with Gasteiger partial charge in [-0.25, -0.2) is 0 Å². The Morgan fingerprint density at radius 1 is 1.09 bits per heavy atom. The quantitative estimate of drug-likeness (QED) is 0.277. The molecule has 2 atom stereocenters. The number of carbonyl (C=O) groups excluding carboxylic acids is 1. The highest BCUT2D eigenvalue weighted by molar-refractivity contribution is 8.76. The molecule has 0 aromatic carbocycles. The van der Waals surface area contributed by atoms with Crippen molar-refractivity contribution in [3.63, 3.8) is 0 Å². The molecule has 5 N–H and O–H groups in total. The monoisotopic (exact) mass is 352 g/mol. The third-order valence-electron chi connectivity index (χ3n) is 3.51. The smallest absolute Gasteiger partial charge is 0.324 e. The maximum atomic E-state index is 12.1. The van der Waals surface area contributed by atoms with Gasteiger partial charge in [0.1, 0.15) is 17.7 Å². The Morgan fingerprint density at radius 3 is 2.00 bits per heavy atom. The number of hydrogen-bond acceptors (Lipinski definition) is 7. The van der Waals surface area contributed by atoms with Crippen LogP contribution in [0.4, 0.5) is 0 Å². The van der Waals surface area contributed by atoms with E-state index in [2.05, 4.69) is 6.92 Å². The van der Waals surface area contributed by atoms with Crippen molar-refractivity contribution in [3.8, 4) is 0 Å². The lowest BCUT2D eigenvalue weighted by atomic mass is 9.91. The molecule has 0 rings (SSSR count). The van der Waals surface area contributed by atoms with Gasteiger partial charge in [-0.3, -0.25) is 9.59 Å². The fourth-order valence-corrected chi connectivity index (χ4v) is 4.15. The zero-order valence-electron chi connectivity index (χ0n) is 13.5. The van der Waals surface area contributed by atoms with Gasteiger partial charge in [0.05, 0.1) is 0 Å². The molecule has 8 heteroatoms. The van der Waals surface area contributed by atoms with E-state index in [9.17, 15) is 9.59 Å². The third kappa shape index (κ3) is 7.71. The first-order chi connectivity index (χ1) is 10.3. The Balaban J connectivity index is 4.23. The fourth-order valence-electron chi connectivity index (χ4n) is 1.93. The molecule has 0 aliphatic heterocycles. The number of hydrogen-bond donors (Lipinski definition) is 3. The average molecular weight is 353 g/mol. The Hall–Kier alpha value is -0.440. The van der Waals surface area contributed by atoms with Gasteiger partial charge in [0.25, 0.3) is 0 Å². The van der Waals surface area contributed by atoms with E-state index >= 15 is 0 Å². The minimum absolute atomic E-state index is 0.269. The first kappa shape index (κ1) is 21.6. The van der Waals surface area contributed by atoms with Crippen LogP contribution in [0.5, 0.6) is 0 Å². The Morgan fingerprint density at radius 2 is 1.59 bits per heavy atom. The van der Waals surface area contributed by atoms with Crippen molar-refractivity contribution in [1.82, 2.24) is 0 Å². The first-order valence-corrected chi connectivity index (χ1v) is 10.0. The first-order valence-electron chi connectivity index (χ1n) is 7.53. The van der Waals surface area contributed by atoms with Crippen LogP contribution < -0.4 is 11.5 Å². The normalized spacial score (nSPS) is 14.4. The van der Waals surface area contributed by atoms with Crippen LogP contribution in [0.15, 0.2) is 0 Å². The molecule has 0 aliphatic carbocycles. The van der Waals surface area contributed by atoms with Gasteiger partial charge in [-0.05, 0) is 19.3 Å². The second-order valence-electron chi connectivity index (χ2n) is 5.18. The summed E-state index contributed by atoms with van der Waals surface area (Å²) in [6, 6.07) is -1.62. The van der Waals surface area contributed by atoms with Crippen LogP contribution in [0.2, 0.25) is 0 Å². The predicted molar refractivity (Wildman–Crippen MR) is 92.8 cm³/mol. The molecule has 0 aromatic rings. The summed E-state index contributed by atoms with van der Waals surface area (Å²) in [5.41, 5.74) is 10.8. The van der Waals surface area contributed by atoms with Crippen LogP contribution in [-0.4, -0.2) is 46.2 Å². The van der Waals surface area contributed by atoms with Crippen molar-refractivity contribution < 1.29 is 19.4 Å². The van der Waals surface area contributed by atoms with Crippen LogP contribution in [0.3, 0.4) is 0 Å². The van der Waals surface area contributed by atoms with E-state index in [0.29, 0.717) is 5.75 Å². The van der Waals surface area contributed by atoms with Gasteiger partial charge in [-0.2, -0.15) is 0 Å². The van der Waals surface area contributed by atoms with E-state index in [1.165, 1.54) is 21.6 Å². The molecule has 0 unspecified atom stereocenters. The molecule has 0 saturated heterocycles. The summed E-state index contributed by atoms with van der Waals surface area (Å²) < 4.78 is 5.65. The molecule has 0 amide bonds. The van der Waals surface area contributed by atoms with Crippen molar-refractivity contribution in [3.05, 3.63) is 0 Å². The van der Waals surface area contributed by atoms with Crippen molar-refractivity contribution >= 4 is 33.5 Å². The van der Waals surface area contributed by atoms with Gasteiger partial charge in [-0.1, -0.05) is 48.8 Å². The van der Waals surface area contributed by atoms with E-state index in [4.69, 9.17) is 21.3 Å².